The van der Waals surface area contributed by atoms with E-state index in [0.29, 0.717) is 0 Å². The zero-order chi connectivity index (χ0) is 11.7. The SMILES string of the molecule is CNC(c1ccsc1)c1cnn2ccncc12. The number of aromatic nitrogens is 3. The molecule has 0 spiro atoms. The van der Waals surface area contributed by atoms with Gasteiger partial charge in [-0.15, -0.1) is 0 Å². The van der Waals surface area contributed by atoms with Crippen molar-refractivity contribution >= 4 is 16.9 Å². The zero-order valence-electron chi connectivity index (χ0n) is 9.37. The first-order valence-corrected chi connectivity index (χ1v) is 6.31. The Bertz CT molecular complexity index is 614. The van der Waals surface area contributed by atoms with Crippen LogP contribution in [0.3, 0.4) is 0 Å². The Morgan fingerprint density at radius 3 is 3.12 bits per heavy atom. The van der Waals surface area contributed by atoms with Crippen molar-refractivity contribution in [2.24, 2.45) is 0 Å². The van der Waals surface area contributed by atoms with Gasteiger partial charge in [0.15, 0.2) is 0 Å². The Morgan fingerprint density at radius 1 is 1.41 bits per heavy atom. The maximum absolute atomic E-state index is 4.34. The van der Waals surface area contributed by atoms with E-state index in [0.717, 1.165) is 11.1 Å². The molecule has 3 aromatic rings. The van der Waals surface area contributed by atoms with Crippen molar-refractivity contribution in [3.63, 3.8) is 0 Å². The average Bonchev–Trinajstić information content (AvgIpc) is 3.01. The third kappa shape index (κ3) is 1.73. The Hall–Kier alpha value is -1.72. The summed E-state index contributed by atoms with van der Waals surface area (Å²) in [5.74, 6) is 0. The number of hydrogen-bond acceptors (Lipinski definition) is 4. The predicted molar refractivity (Wildman–Crippen MR) is 68.2 cm³/mol. The van der Waals surface area contributed by atoms with Gasteiger partial charge in [0.25, 0.3) is 0 Å². The molecule has 0 aliphatic carbocycles. The summed E-state index contributed by atoms with van der Waals surface area (Å²) in [6.45, 7) is 0. The van der Waals surface area contributed by atoms with E-state index in [1.54, 1.807) is 17.5 Å². The molecule has 3 rings (SSSR count). The van der Waals surface area contributed by atoms with Gasteiger partial charge < -0.3 is 5.32 Å². The molecule has 0 saturated carbocycles. The molecule has 1 N–H and O–H groups in total. The molecule has 1 atom stereocenters. The van der Waals surface area contributed by atoms with Crippen molar-refractivity contribution < 1.29 is 0 Å². The lowest BCUT2D eigenvalue weighted by molar-refractivity contribution is 0.699. The molecule has 0 fully saturated rings. The number of nitrogens with one attached hydrogen (secondary N) is 1. The highest BCUT2D eigenvalue weighted by Crippen LogP contribution is 2.26. The molecule has 3 heterocycles. The summed E-state index contributed by atoms with van der Waals surface area (Å²) in [7, 11) is 1.96. The number of rotatable bonds is 3. The monoisotopic (exact) mass is 244 g/mol. The molecule has 17 heavy (non-hydrogen) atoms. The molecule has 0 aliphatic rings. The molecule has 1 unspecified atom stereocenters. The Morgan fingerprint density at radius 2 is 2.35 bits per heavy atom. The predicted octanol–water partition coefficient (Wildman–Crippen LogP) is 2.10. The molecule has 5 heteroatoms. The lowest BCUT2D eigenvalue weighted by Crippen LogP contribution is -2.16. The topological polar surface area (TPSA) is 42.2 Å². The van der Waals surface area contributed by atoms with Gasteiger partial charge in [-0.1, -0.05) is 0 Å². The summed E-state index contributed by atoms with van der Waals surface area (Å²) in [6, 6.07) is 2.30. The molecule has 4 nitrogen and oxygen atoms in total. The van der Waals surface area contributed by atoms with E-state index in [9.17, 15) is 0 Å². The lowest BCUT2D eigenvalue weighted by atomic mass is 10.0. The Kier molecular flexibility index (Phi) is 2.62. The van der Waals surface area contributed by atoms with Gasteiger partial charge in [0.05, 0.1) is 24.0 Å². The molecule has 0 aromatic carbocycles. The summed E-state index contributed by atoms with van der Waals surface area (Å²) in [4.78, 5) is 4.16. The van der Waals surface area contributed by atoms with E-state index in [1.165, 1.54) is 5.56 Å². The first-order chi connectivity index (χ1) is 8.40. The summed E-state index contributed by atoms with van der Waals surface area (Å²) < 4.78 is 1.85. The smallest absolute Gasteiger partial charge is 0.0896 e. The van der Waals surface area contributed by atoms with Crippen LogP contribution in [0.25, 0.3) is 5.52 Å². The van der Waals surface area contributed by atoms with E-state index in [-0.39, 0.29) is 6.04 Å². The van der Waals surface area contributed by atoms with Gasteiger partial charge in [0, 0.05) is 18.0 Å². The summed E-state index contributed by atoms with van der Waals surface area (Å²) >= 11 is 1.70. The fourth-order valence-corrected chi connectivity index (χ4v) is 2.70. The first-order valence-electron chi connectivity index (χ1n) is 5.37. The molecule has 0 radical (unpaired) electrons. The van der Waals surface area contributed by atoms with Gasteiger partial charge >= 0.3 is 0 Å². The van der Waals surface area contributed by atoms with Crippen LogP contribution in [0.2, 0.25) is 0 Å². The van der Waals surface area contributed by atoms with Crippen LogP contribution in [0.1, 0.15) is 17.2 Å². The van der Waals surface area contributed by atoms with Gasteiger partial charge in [-0.2, -0.15) is 16.4 Å². The van der Waals surface area contributed by atoms with Crippen molar-refractivity contribution in [3.05, 3.63) is 52.7 Å². The molecular weight excluding hydrogens is 232 g/mol. The first kappa shape index (κ1) is 10.4. The van der Waals surface area contributed by atoms with Crippen LogP contribution in [-0.4, -0.2) is 21.6 Å². The van der Waals surface area contributed by atoms with Crippen LogP contribution in [0.5, 0.6) is 0 Å². The minimum atomic E-state index is 0.169. The van der Waals surface area contributed by atoms with Crippen LogP contribution in [-0.2, 0) is 0 Å². The van der Waals surface area contributed by atoms with Crippen LogP contribution in [0.15, 0.2) is 41.6 Å². The molecule has 0 bridgehead atoms. The maximum Gasteiger partial charge on any atom is 0.0896 e. The number of fused-ring (bicyclic) bond motifs is 1. The van der Waals surface area contributed by atoms with Gasteiger partial charge in [-0.25, -0.2) is 4.52 Å². The van der Waals surface area contributed by atoms with Crippen molar-refractivity contribution in [2.75, 3.05) is 7.05 Å². The minimum Gasteiger partial charge on any atom is -0.309 e. The van der Waals surface area contributed by atoms with E-state index in [2.05, 4.69) is 32.2 Å². The van der Waals surface area contributed by atoms with Gasteiger partial charge in [-0.3, -0.25) is 4.98 Å². The van der Waals surface area contributed by atoms with E-state index < -0.39 is 0 Å². The molecular formula is C12H12N4S. The van der Waals surface area contributed by atoms with Gasteiger partial charge in [0.1, 0.15) is 0 Å². The second-order valence-electron chi connectivity index (χ2n) is 3.78. The van der Waals surface area contributed by atoms with Crippen molar-refractivity contribution in [2.45, 2.75) is 6.04 Å². The number of nitrogens with zero attached hydrogens (tertiary/aromatic N) is 3. The van der Waals surface area contributed by atoms with E-state index >= 15 is 0 Å². The lowest BCUT2D eigenvalue weighted by Gasteiger charge is -2.13. The summed E-state index contributed by atoms with van der Waals surface area (Å²) in [5, 5.41) is 11.9. The summed E-state index contributed by atoms with van der Waals surface area (Å²) in [5.41, 5.74) is 3.45. The van der Waals surface area contributed by atoms with Crippen LogP contribution < -0.4 is 5.32 Å². The molecule has 0 aliphatic heterocycles. The van der Waals surface area contributed by atoms with Crippen molar-refractivity contribution in [1.82, 2.24) is 19.9 Å². The molecule has 0 saturated heterocycles. The largest absolute Gasteiger partial charge is 0.309 e. The van der Waals surface area contributed by atoms with E-state index in [4.69, 9.17) is 0 Å². The van der Waals surface area contributed by atoms with Crippen LogP contribution in [0, 0.1) is 0 Å². The van der Waals surface area contributed by atoms with Gasteiger partial charge in [-0.05, 0) is 29.4 Å². The molecule has 0 amide bonds. The standard InChI is InChI=1S/C12H12N4S/c1-13-12(9-2-5-17-8-9)10-6-15-16-4-3-14-7-11(10)16/h2-8,12-13H,1H3. The fourth-order valence-electron chi connectivity index (χ4n) is 2.02. The highest BCUT2D eigenvalue weighted by molar-refractivity contribution is 7.08. The Labute approximate surface area is 103 Å². The fraction of sp³-hybridized carbons (Fsp3) is 0.167. The maximum atomic E-state index is 4.34. The average molecular weight is 244 g/mol. The van der Waals surface area contributed by atoms with Crippen LogP contribution >= 0.6 is 11.3 Å². The third-order valence-electron chi connectivity index (χ3n) is 2.83. The van der Waals surface area contributed by atoms with Crippen molar-refractivity contribution in [3.8, 4) is 0 Å². The third-order valence-corrected chi connectivity index (χ3v) is 3.53. The summed E-state index contributed by atoms with van der Waals surface area (Å²) in [6.07, 6.45) is 7.34. The Balaban J connectivity index is 2.13. The normalized spacial score (nSPS) is 13.0. The van der Waals surface area contributed by atoms with E-state index in [1.807, 2.05) is 30.2 Å². The number of thiophene rings is 1. The highest BCUT2D eigenvalue weighted by atomic mass is 32.1. The second-order valence-corrected chi connectivity index (χ2v) is 4.56. The van der Waals surface area contributed by atoms with Crippen LogP contribution in [0.4, 0.5) is 0 Å². The zero-order valence-corrected chi connectivity index (χ0v) is 10.2. The number of hydrogen-bond donors (Lipinski definition) is 1. The highest BCUT2D eigenvalue weighted by Gasteiger charge is 2.16. The van der Waals surface area contributed by atoms with Gasteiger partial charge in [0.2, 0.25) is 0 Å². The quantitative estimate of drug-likeness (QED) is 0.767. The van der Waals surface area contributed by atoms with Crippen molar-refractivity contribution in [1.29, 1.82) is 0 Å². The second kappa shape index (κ2) is 4.27. The minimum absolute atomic E-state index is 0.169. The molecule has 3 aromatic heterocycles. The molecule has 86 valence electrons.